The molecule has 4 nitrogen and oxygen atoms in total. The lowest BCUT2D eigenvalue weighted by Gasteiger charge is -2.12. The van der Waals surface area contributed by atoms with E-state index in [-0.39, 0.29) is 5.57 Å². The van der Waals surface area contributed by atoms with Gasteiger partial charge in [-0.05, 0) is 73.3 Å². The van der Waals surface area contributed by atoms with Crippen molar-refractivity contribution in [3.63, 3.8) is 0 Å². The van der Waals surface area contributed by atoms with E-state index in [1.807, 2.05) is 54.6 Å². The molecular formula is C23H16Br2N2O2. The average Bonchev–Trinajstić information content (AvgIpc) is 2.73. The molecule has 0 radical (unpaired) electrons. The number of hydrogen-bond donors (Lipinski definition) is 1. The molecule has 0 fully saturated rings. The molecule has 3 aromatic carbocycles. The van der Waals surface area contributed by atoms with Crippen molar-refractivity contribution in [3.05, 3.63) is 98.4 Å². The fraction of sp³-hybridized carbons (Fsp3) is 0.0435. The third-order valence-electron chi connectivity index (χ3n) is 3.95. The Balaban J connectivity index is 1.77. The predicted octanol–water partition coefficient (Wildman–Crippen LogP) is 6.34. The summed E-state index contributed by atoms with van der Waals surface area (Å²) in [6, 6.07) is 24.4. The van der Waals surface area contributed by atoms with Crippen LogP contribution in [0.15, 0.2) is 87.3 Å². The Bertz CT molecular complexity index is 1050. The van der Waals surface area contributed by atoms with E-state index < -0.39 is 5.91 Å². The Morgan fingerprint density at radius 1 is 1.00 bits per heavy atom. The van der Waals surface area contributed by atoms with Crippen LogP contribution < -0.4 is 10.1 Å². The Labute approximate surface area is 186 Å². The normalized spacial score (nSPS) is 10.9. The minimum absolute atomic E-state index is 0.00519. The zero-order chi connectivity index (χ0) is 20.6. The second-order valence-electron chi connectivity index (χ2n) is 6.08. The molecule has 6 heteroatoms. The summed E-state index contributed by atoms with van der Waals surface area (Å²) in [6.45, 7) is 0.427. The first-order chi connectivity index (χ1) is 14.1. The number of ether oxygens (including phenoxy) is 1. The van der Waals surface area contributed by atoms with Crippen LogP contribution in [0.2, 0.25) is 0 Å². The number of carbonyl (C=O) groups excluding carboxylic acids is 1. The van der Waals surface area contributed by atoms with Crippen molar-refractivity contribution in [2.75, 3.05) is 5.32 Å². The van der Waals surface area contributed by atoms with Crippen LogP contribution in [-0.2, 0) is 11.4 Å². The van der Waals surface area contributed by atoms with E-state index in [0.717, 1.165) is 14.5 Å². The molecule has 0 aliphatic carbocycles. The van der Waals surface area contributed by atoms with Crippen molar-refractivity contribution in [1.82, 2.24) is 0 Å². The van der Waals surface area contributed by atoms with Crippen LogP contribution in [0.25, 0.3) is 6.08 Å². The lowest BCUT2D eigenvalue weighted by molar-refractivity contribution is -0.112. The third-order valence-corrected chi connectivity index (χ3v) is 5.13. The monoisotopic (exact) mass is 510 g/mol. The first-order valence-corrected chi connectivity index (χ1v) is 10.3. The van der Waals surface area contributed by atoms with E-state index in [0.29, 0.717) is 23.6 Å². The molecule has 0 aromatic heterocycles. The highest BCUT2D eigenvalue weighted by atomic mass is 79.9. The number of rotatable bonds is 6. The van der Waals surface area contributed by atoms with Gasteiger partial charge in [0.05, 0.1) is 8.95 Å². The fourth-order valence-corrected chi connectivity index (χ4v) is 4.02. The first kappa shape index (κ1) is 20.8. The molecule has 0 spiro atoms. The van der Waals surface area contributed by atoms with Crippen LogP contribution in [0, 0.1) is 11.3 Å². The number of benzene rings is 3. The summed E-state index contributed by atoms with van der Waals surface area (Å²) in [5.41, 5.74) is 2.38. The molecule has 3 rings (SSSR count). The van der Waals surface area contributed by atoms with Gasteiger partial charge in [0.25, 0.3) is 5.91 Å². The second-order valence-corrected chi connectivity index (χ2v) is 7.79. The van der Waals surface area contributed by atoms with Gasteiger partial charge in [-0.1, -0.05) is 48.5 Å². The molecule has 144 valence electrons. The minimum atomic E-state index is -0.463. The maximum atomic E-state index is 12.4. The molecule has 1 N–H and O–H groups in total. The highest BCUT2D eigenvalue weighted by Gasteiger charge is 2.12. The van der Waals surface area contributed by atoms with Crippen molar-refractivity contribution in [1.29, 1.82) is 5.26 Å². The maximum Gasteiger partial charge on any atom is 0.266 e. The molecule has 0 saturated carbocycles. The SMILES string of the molecule is N#C/C(=C/c1cc(Br)c(OCc2ccccc2)c(Br)c1)C(=O)Nc1ccccc1. The Morgan fingerprint density at radius 2 is 1.59 bits per heavy atom. The molecule has 0 atom stereocenters. The summed E-state index contributed by atoms with van der Waals surface area (Å²) >= 11 is 7.01. The van der Waals surface area contributed by atoms with Crippen LogP contribution in [0.4, 0.5) is 5.69 Å². The molecule has 3 aromatic rings. The zero-order valence-corrected chi connectivity index (χ0v) is 18.4. The summed E-state index contributed by atoms with van der Waals surface area (Å²) < 4.78 is 7.34. The van der Waals surface area contributed by atoms with Gasteiger partial charge in [-0.3, -0.25) is 4.79 Å². The lowest BCUT2D eigenvalue weighted by atomic mass is 10.1. The standard InChI is InChI=1S/C23H16Br2N2O2/c24-20-12-17(11-18(14-26)23(28)27-19-9-5-2-6-10-19)13-21(25)22(20)29-15-16-7-3-1-4-8-16/h1-13H,15H2,(H,27,28)/b18-11-. The van der Waals surface area contributed by atoms with E-state index >= 15 is 0 Å². The van der Waals surface area contributed by atoms with Crippen LogP contribution in [0.1, 0.15) is 11.1 Å². The number of halogens is 2. The summed E-state index contributed by atoms with van der Waals surface area (Å²) in [4.78, 5) is 12.4. The highest BCUT2D eigenvalue weighted by Crippen LogP contribution is 2.36. The van der Waals surface area contributed by atoms with Gasteiger partial charge < -0.3 is 10.1 Å². The van der Waals surface area contributed by atoms with Crippen LogP contribution in [-0.4, -0.2) is 5.91 Å². The number of para-hydroxylation sites is 1. The van der Waals surface area contributed by atoms with E-state index in [1.54, 1.807) is 24.3 Å². The van der Waals surface area contributed by atoms with E-state index in [4.69, 9.17) is 4.74 Å². The number of hydrogen-bond acceptors (Lipinski definition) is 3. The Hall–Kier alpha value is -2.88. The van der Waals surface area contributed by atoms with E-state index in [1.165, 1.54) is 6.08 Å². The van der Waals surface area contributed by atoms with Gasteiger partial charge in [0.1, 0.15) is 24.0 Å². The molecule has 1 amide bonds. The number of nitrogens with zero attached hydrogens (tertiary/aromatic N) is 1. The Morgan fingerprint density at radius 3 is 2.17 bits per heavy atom. The molecule has 0 saturated heterocycles. The molecule has 29 heavy (non-hydrogen) atoms. The number of nitriles is 1. The zero-order valence-electron chi connectivity index (χ0n) is 15.2. The predicted molar refractivity (Wildman–Crippen MR) is 121 cm³/mol. The van der Waals surface area contributed by atoms with Gasteiger partial charge in [0, 0.05) is 5.69 Å². The smallest absolute Gasteiger partial charge is 0.266 e. The van der Waals surface area contributed by atoms with Crippen molar-refractivity contribution < 1.29 is 9.53 Å². The molecule has 0 aliphatic rings. The highest BCUT2D eigenvalue weighted by molar-refractivity contribution is 9.11. The van der Waals surface area contributed by atoms with Crippen LogP contribution in [0.3, 0.4) is 0 Å². The summed E-state index contributed by atoms with van der Waals surface area (Å²) in [7, 11) is 0. The molecule has 0 bridgehead atoms. The number of amides is 1. The van der Waals surface area contributed by atoms with Crippen molar-refractivity contribution in [2.45, 2.75) is 6.61 Å². The maximum absolute atomic E-state index is 12.4. The number of anilines is 1. The summed E-state index contributed by atoms with van der Waals surface area (Å²) in [5.74, 6) is 0.189. The minimum Gasteiger partial charge on any atom is -0.487 e. The van der Waals surface area contributed by atoms with Gasteiger partial charge in [-0.2, -0.15) is 5.26 Å². The fourth-order valence-electron chi connectivity index (χ4n) is 2.57. The van der Waals surface area contributed by atoms with Gasteiger partial charge >= 0.3 is 0 Å². The second kappa shape index (κ2) is 10.1. The van der Waals surface area contributed by atoms with Crippen LogP contribution >= 0.6 is 31.9 Å². The van der Waals surface area contributed by atoms with Gasteiger partial charge in [0.15, 0.2) is 0 Å². The molecule has 0 heterocycles. The summed E-state index contributed by atoms with van der Waals surface area (Å²) in [6.07, 6.45) is 1.54. The van der Waals surface area contributed by atoms with Crippen molar-refractivity contribution in [3.8, 4) is 11.8 Å². The molecule has 0 unspecified atom stereocenters. The molecular weight excluding hydrogens is 496 g/mol. The number of carbonyl (C=O) groups is 1. The third kappa shape index (κ3) is 5.80. The van der Waals surface area contributed by atoms with Crippen molar-refractivity contribution in [2.24, 2.45) is 0 Å². The lowest BCUT2D eigenvalue weighted by Crippen LogP contribution is -2.13. The quantitative estimate of drug-likeness (QED) is 0.310. The Kier molecular flexibility index (Phi) is 7.23. The molecule has 0 aliphatic heterocycles. The van der Waals surface area contributed by atoms with Crippen LogP contribution in [0.5, 0.6) is 5.75 Å². The summed E-state index contributed by atoms with van der Waals surface area (Å²) in [5, 5.41) is 12.1. The average molecular weight is 512 g/mol. The van der Waals surface area contributed by atoms with Gasteiger partial charge in [-0.25, -0.2) is 0 Å². The largest absolute Gasteiger partial charge is 0.487 e. The first-order valence-electron chi connectivity index (χ1n) is 8.71. The number of nitrogens with one attached hydrogen (secondary N) is 1. The topological polar surface area (TPSA) is 62.1 Å². The van der Waals surface area contributed by atoms with Gasteiger partial charge in [0.2, 0.25) is 0 Å². The van der Waals surface area contributed by atoms with E-state index in [2.05, 4.69) is 37.2 Å². The van der Waals surface area contributed by atoms with E-state index in [9.17, 15) is 10.1 Å². The van der Waals surface area contributed by atoms with Gasteiger partial charge in [-0.15, -0.1) is 0 Å². The van der Waals surface area contributed by atoms with Crippen molar-refractivity contribution >= 4 is 49.5 Å².